The van der Waals surface area contributed by atoms with Crippen molar-refractivity contribution in [3.05, 3.63) is 58.7 Å². The van der Waals surface area contributed by atoms with E-state index in [-0.39, 0.29) is 11.4 Å². The van der Waals surface area contributed by atoms with Crippen molar-refractivity contribution < 1.29 is 14.3 Å². The van der Waals surface area contributed by atoms with E-state index in [0.29, 0.717) is 5.75 Å². The molecule has 0 amide bonds. The molecule has 0 spiro atoms. The highest BCUT2D eigenvalue weighted by atomic mass is 16.5. The average molecular weight is 340 g/mol. The van der Waals surface area contributed by atoms with E-state index in [0.717, 1.165) is 24.2 Å². The highest BCUT2D eigenvalue weighted by Gasteiger charge is 2.25. The van der Waals surface area contributed by atoms with Gasteiger partial charge in [-0.25, -0.2) is 0 Å². The molecular weight excluding hydrogens is 312 g/mol. The van der Waals surface area contributed by atoms with Gasteiger partial charge in [-0.1, -0.05) is 52.0 Å². The molecule has 2 aromatic rings. The second kappa shape index (κ2) is 7.73. The van der Waals surface area contributed by atoms with E-state index in [1.807, 2.05) is 18.2 Å². The van der Waals surface area contributed by atoms with Crippen LogP contribution in [-0.4, -0.2) is 13.1 Å². The molecule has 0 aromatic heterocycles. The number of hydrogen-bond acceptors (Lipinski definition) is 3. The van der Waals surface area contributed by atoms with E-state index in [2.05, 4.69) is 45.9 Å². The van der Waals surface area contributed by atoms with Gasteiger partial charge < -0.3 is 9.47 Å². The maximum atomic E-state index is 11.3. The number of carbonyl (C=O) groups excluding carboxylic acids is 1. The lowest BCUT2D eigenvalue weighted by molar-refractivity contribution is -0.131. The van der Waals surface area contributed by atoms with Gasteiger partial charge in [-0.15, -0.1) is 0 Å². The van der Waals surface area contributed by atoms with Crippen molar-refractivity contribution in [2.24, 2.45) is 0 Å². The summed E-state index contributed by atoms with van der Waals surface area (Å²) in [6.45, 7) is 10.1. The van der Waals surface area contributed by atoms with Crippen LogP contribution < -0.4 is 9.47 Å². The SMILES string of the molecule is CCc1cc(C(C)(C)c2ccc(OC(C)=O)c(CC)c2)ccc1OC. The summed E-state index contributed by atoms with van der Waals surface area (Å²) >= 11 is 0. The second-order valence-electron chi connectivity index (χ2n) is 6.77. The molecule has 0 fully saturated rings. The first-order valence-electron chi connectivity index (χ1n) is 8.82. The Hall–Kier alpha value is -2.29. The van der Waals surface area contributed by atoms with Crippen LogP contribution in [0.4, 0.5) is 0 Å². The molecule has 0 bridgehead atoms. The molecule has 0 aliphatic heterocycles. The van der Waals surface area contributed by atoms with Gasteiger partial charge in [0.15, 0.2) is 0 Å². The van der Waals surface area contributed by atoms with Crippen molar-refractivity contribution in [1.29, 1.82) is 0 Å². The summed E-state index contributed by atoms with van der Waals surface area (Å²) in [5.74, 6) is 1.30. The third-order valence-corrected chi connectivity index (χ3v) is 4.80. The zero-order valence-electron chi connectivity index (χ0n) is 16.1. The summed E-state index contributed by atoms with van der Waals surface area (Å²) in [7, 11) is 1.71. The Morgan fingerprint density at radius 3 is 1.84 bits per heavy atom. The van der Waals surface area contributed by atoms with Crippen LogP contribution in [-0.2, 0) is 23.1 Å². The fourth-order valence-corrected chi connectivity index (χ4v) is 3.11. The number of esters is 1. The zero-order chi connectivity index (χ0) is 18.6. The Labute approximate surface area is 151 Å². The van der Waals surface area contributed by atoms with Crippen LogP contribution in [0.15, 0.2) is 36.4 Å². The summed E-state index contributed by atoms with van der Waals surface area (Å²) < 4.78 is 10.8. The van der Waals surface area contributed by atoms with Crippen LogP contribution in [0.2, 0.25) is 0 Å². The van der Waals surface area contributed by atoms with Crippen LogP contribution in [0.3, 0.4) is 0 Å². The van der Waals surface area contributed by atoms with Crippen molar-refractivity contribution in [1.82, 2.24) is 0 Å². The lowest BCUT2D eigenvalue weighted by Gasteiger charge is -2.28. The molecule has 0 aliphatic carbocycles. The lowest BCUT2D eigenvalue weighted by atomic mass is 9.77. The summed E-state index contributed by atoms with van der Waals surface area (Å²) in [6.07, 6.45) is 1.74. The first-order valence-corrected chi connectivity index (χ1v) is 8.82. The monoisotopic (exact) mass is 340 g/mol. The van der Waals surface area contributed by atoms with Gasteiger partial charge in [0.1, 0.15) is 11.5 Å². The second-order valence-corrected chi connectivity index (χ2v) is 6.77. The fourth-order valence-electron chi connectivity index (χ4n) is 3.11. The Kier molecular flexibility index (Phi) is 5.89. The zero-order valence-corrected chi connectivity index (χ0v) is 16.1. The fraction of sp³-hybridized carbons (Fsp3) is 0.409. The highest BCUT2D eigenvalue weighted by molar-refractivity contribution is 5.70. The number of ether oxygens (including phenoxy) is 2. The van der Waals surface area contributed by atoms with E-state index >= 15 is 0 Å². The number of carbonyl (C=O) groups is 1. The van der Waals surface area contributed by atoms with E-state index in [1.165, 1.54) is 23.6 Å². The molecule has 2 rings (SSSR count). The molecule has 2 aromatic carbocycles. The van der Waals surface area contributed by atoms with Crippen LogP contribution in [0.5, 0.6) is 11.5 Å². The smallest absolute Gasteiger partial charge is 0.308 e. The maximum absolute atomic E-state index is 11.3. The summed E-state index contributed by atoms with van der Waals surface area (Å²) in [4.78, 5) is 11.3. The van der Waals surface area contributed by atoms with Crippen molar-refractivity contribution in [3.8, 4) is 11.5 Å². The summed E-state index contributed by atoms with van der Waals surface area (Å²) in [5, 5.41) is 0. The number of methoxy groups -OCH3 is 1. The predicted molar refractivity (Wildman–Crippen MR) is 102 cm³/mol. The largest absolute Gasteiger partial charge is 0.496 e. The minimum Gasteiger partial charge on any atom is -0.496 e. The number of hydrogen-bond donors (Lipinski definition) is 0. The van der Waals surface area contributed by atoms with Gasteiger partial charge in [-0.2, -0.15) is 0 Å². The molecule has 0 atom stereocenters. The van der Waals surface area contributed by atoms with Crippen LogP contribution in [0.1, 0.15) is 56.9 Å². The molecule has 0 heterocycles. The standard InChI is InChI=1S/C22H28O3/c1-7-16-13-18(9-11-20(16)24-6)22(4,5)19-10-12-21(25-15(3)23)17(8-2)14-19/h9-14H,7-8H2,1-6H3. The highest BCUT2D eigenvalue weighted by Crippen LogP contribution is 2.36. The van der Waals surface area contributed by atoms with Gasteiger partial charge >= 0.3 is 5.97 Å². The van der Waals surface area contributed by atoms with Gasteiger partial charge in [0.2, 0.25) is 0 Å². The lowest BCUT2D eigenvalue weighted by Crippen LogP contribution is -2.20. The van der Waals surface area contributed by atoms with Crippen LogP contribution >= 0.6 is 0 Å². The van der Waals surface area contributed by atoms with E-state index in [9.17, 15) is 4.79 Å². The van der Waals surface area contributed by atoms with Crippen molar-refractivity contribution >= 4 is 5.97 Å². The minimum atomic E-state index is -0.288. The van der Waals surface area contributed by atoms with Crippen molar-refractivity contribution in [3.63, 3.8) is 0 Å². The number of rotatable bonds is 6. The quantitative estimate of drug-likeness (QED) is 0.544. The Balaban J connectivity index is 2.47. The molecule has 3 nitrogen and oxygen atoms in total. The average Bonchev–Trinajstić information content (AvgIpc) is 2.60. The molecule has 3 heteroatoms. The third-order valence-electron chi connectivity index (χ3n) is 4.80. The molecule has 0 saturated carbocycles. The molecular formula is C22H28O3. The molecule has 0 saturated heterocycles. The van der Waals surface area contributed by atoms with E-state index in [1.54, 1.807) is 7.11 Å². The maximum Gasteiger partial charge on any atom is 0.308 e. The van der Waals surface area contributed by atoms with Gasteiger partial charge in [0.05, 0.1) is 7.11 Å². The Morgan fingerprint density at radius 2 is 1.40 bits per heavy atom. The molecule has 0 unspecified atom stereocenters. The first kappa shape index (κ1) is 19.0. The topological polar surface area (TPSA) is 35.5 Å². The van der Waals surface area contributed by atoms with E-state index < -0.39 is 0 Å². The van der Waals surface area contributed by atoms with Gasteiger partial charge in [0, 0.05) is 12.3 Å². The van der Waals surface area contributed by atoms with Gasteiger partial charge in [-0.05, 0) is 47.2 Å². The molecule has 25 heavy (non-hydrogen) atoms. The normalized spacial score (nSPS) is 11.3. The third kappa shape index (κ3) is 4.04. The summed E-state index contributed by atoms with van der Waals surface area (Å²) in [5.41, 5.74) is 4.54. The minimum absolute atomic E-state index is 0.158. The van der Waals surface area contributed by atoms with Crippen LogP contribution in [0.25, 0.3) is 0 Å². The Morgan fingerprint density at radius 1 is 0.920 bits per heavy atom. The number of benzene rings is 2. The summed E-state index contributed by atoms with van der Waals surface area (Å²) in [6, 6.07) is 12.5. The predicted octanol–water partition coefficient (Wildman–Crippen LogP) is 5.07. The molecule has 134 valence electrons. The number of aryl methyl sites for hydroxylation is 2. The molecule has 0 radical (unpaired) electrons. The van der Waals surface area contributed by atoms with Gasteiger partial charge in [0.25, 0.3) is 0 Å². The van der Waals surface area contributed by atoms with Crippen LogP contribution in [0, 0.1) is 0 Å². The molecule has 0 N–H and O–H groups in total. The first-order chi connectivity index (χ1) is 11.8. The van der Waals surface area contributed by atoms with Crippen molar-refractivity contribution in [2.45, 2.75) is 52.9 Å². The molecule has 0 aliphatic rings. The van der Waals surface area contributed by atoms with E-state index in [4.69, 9.17) is 9.47 Å². The van der Waals surface area contributed by atoms with Gasteiger partial charge in [-0.3, -0.25) is 4.79 Å². The Bertz CT molecular complexity index is 760. The van der Waals surface area contributed by atoms with Crippen molar-refractivity contribution in [2.75, 3.05) is 7.11 Å².